The molecule has 0 fully saturated rings. The van der Waals surface area contributed by atoms with Gasteiger partial charge in [0.05, 0.1) is 18.2 Å². The predicted molar refractivity (Wildman–Crippen MR) is 163 cm³/mol. The third kappa shape index (κ3) is 7.49. The summed E-state index contributed by atoms with van der Waals surface area (Å²) in [6, 6.07) is 17.9. The van der Waals surface area contributed by atoms with Crippen LogP contribution in [0.15, 0.2) is 96.7 Å². The van der Waals surface area contributed by atoms with E-state index in [2.05, 4.69) is 4.98 Å². The minimum Gasteiger partial charge on any atom is -0.341 e. The monoisotopic (exact) mass is 617 g/mol. The second-order valence-corrected chi connectivity index (χ2v) is 12.0. The Labute approximate surface area is 256 Å². The van der Waals surface area contributed by atoms with Crippen LogP contribution in [0.5, 0.6) is 0 Å². The smallest absolute Gasteiger partial charge is 0.253 e. The molecule has 2 atom stereocenters. The molecule has 0 saturated carbocycles. The lowest BCUT2D eigenvalue weighted by Crippen LogP contribution is -2.41. The maximum absolute atomic E-state index is 15.1. The zero-order chi connectivity index (χ0) is 31.2. The third-order valence-corrected chi connectivity index (χ3v) is 8.67. The van der Waals surface area contributed by atoms with Crippen LogP contribution in [0.2, 0.25) is 0 Å². The maximum atomic E-state index is 15.1. The Balaban J connectivity index is 1.27. The number of amides is 2. The molecular weight excluding hydrogens is 587 g/mol. The Kier molecular flexibility index (Phi) is 9.69. The molecule has 3 aromatic carbocycles. The second kappa shape index (κ2) is 13.8. The van der Waals surface area contributed by atoms with Crippen LogP contribution < -0.4 is 0 Å². The highest BCUT2D eigenvalue weighted by molar-refractivity contribution is 7.88. The molecule has 2 unspecified atom stereocenters. The number of aromatic nitrogens is 1. The van der Waals surface area contributed by atoms with Crippen molar-refractivity contribution in [3.8, 4) is 11.1 Å². The number of rotatable bonds is 10. The summed E-state index contributed by atoms with van der Waals surface area (Å²) in [5.74, 6) is -2.94. The van der Waals surface area contributed by atoms with Gasteiger partial charge in [-0.1, -0.05) is 36.4 Å². The molecule has 10 heteroatoms. The molecule has 2 amide bonds. The van der Waals surface area contributed by atoms with Gasteiger partial charge in [0.25, 0.3) is 5.91 Å². The first-order valence-electron chi connectivity index (χ1n) is 14.0. The third-order valence-electron chi connectivity index (χ3n) is 7.54. The number of halogens is 3. The maximum Gasteiger partial charge on any atom is 0.253 e. The lowest BCUT2D eigenvalue weighted by atomic mass is 10.0. The van der Waals surface area contributed by atoms with E-state index < -0.39 is 34.3 Å². The highest BCUT2D eigenvalue weighted by Crippen LogP contribution is 2.25. The van der Waals surface area contributed by atoms with Crippen molar-refractivity contribution in [2.45, 2.75) is 25.4 Å². The topological polar surface area (TPSA) is 70.6 Å². The first kappa shape index (κ1) is 30.9. The van der Waals surface area contributed by atoms with Crippen molar-refractivity contribution in [1.82, 2.24) is 14.8 Å². The van der Waals surface area contributed by atoms with Crippen molar-refractivity contribution in [3.63, 3.8) is 0 Å². The molecule has 0 spiro atoms. The van der Waals surface area contributed by atoms with Gasteiger partial charge < -0.3 is 9.80 Å². The Morgan fingerprint density at radius 1 is 0.864 bits per heavy atom. The van der Waals surface area contributed by atoms with Crippen molar-refractivity contribution < 1.29 is 27.0 Å². The summed E-state index contributed by atoms with van der Waals surface area (Å²) in [7, 11) is 0.526. The van der Waals surface area contributed by atoms with Gasteiger partial charge in [-0.3, -0.25) is 18.8 Å². The zero-order valence-corrected chi connectivity index (χ0v) is 24.8. The lowest BCUT2D eigenvalue weighted by molar-refractivity contribution is -0.132. The van der Waals surface area contributed by atoms with Crippen molar-refractivity contribution >= 4 is 22.6 Å². The summed E-state index contributed by atoms with van der Waals surface area (Å²) in [5, 5.41) is 1.55. The molecule has 0 N–H and O–H groups in total. The number of nitrogens with zero attached hydrogens (tertiary/aromatic N) is 3. The normalized spacial score (nSPS) is 15.7. The molecule has 1 aliphatic heterocycles. The van der Waals surface area contributed by atoms with E-state index in [0.29, 0.717) is 29.7 Å². The first-order valence-corrected chi connectivity index (χ1v) is 15.4. The average molecular weight is 618 g/mol. The van der Waals surface area contributed by atoms with Gasteiger partial charge >= 0.3 is 0 Å². The summed E-state index contributed by atoms with van der Waals surface area (Å²) in [4.78, 5) is 33.7. The van der Waals surface area contributed by atoms with Crippen molar-refractivity contribution in [1.29, 1.82) is 0 Å². The van der Waals surface area contributed by atoms with Gasteiger partial charge in [-0.15, -0.1) is 0 Å². The summed E-state index contributed by atoms with van der Waals surface area (Å²) < 4.78 is 54.2. The fourth-order valence-electron chi connectivity index (χ4n) is 4.97. The van der Waals surface area contributed by atoms with Crippen molar-refractivity contribution in [2.75, 3.05) is 19.3 Å². The van der Waals surface area contributed by atoms with Gasteiger partial charge in [-0.05, 0) is 76.7 Å². The van der Waals surface area contributed by atoms with Gasteiger partial charge in [0.15, 0.2) is 11.6 Å². The van der Waals surface area contributed by atoms with E-state index in [9.17, 15) is 22.6 Å². The van der Waals surface area contributed by atoms with Crippen LogP contribution in [0.25, 0.3) is 11.1 Å². The molecular formula is C34H30F3N3O3S. The molecule has 6 nitrogen and oxygen atoms in total. The number of hydrogen-bond donors (Lipinski definition) is 0. The molecule has 1 aliphatic rings. The Bertz CT molecular complexity index is 1710. The van der Waals surface area contributed by atoms with E-state index in [1.54, 1.807) is 71.1 Å². The fourth-order valence-corrected chi connectivity index (χ4v) is 6.07. The van der Waals surface area contributed by atoms with E-state index in [0.717, 1.165) is 23.3 Å². The van der Waals surface area contributed by atoms with Gasteiger partial charge in [-0.2, -0.15) is 0 Å². The molecule has 226 valence electrons. The summed E-state index contributed by atoms with van der Waals surface area (Å²) >= 11 is 0. The van der Waals surface area contributed by atoms with Crippen LogP contribution in [0.1, 0.15) is 27.0 Å². The number of carbonyl (C=O) groups is 2. The molecule has 1 aromatic heterocycles. The molecule has 0 radical (unpaired) electrons. The minimum absolute atomic E-state index is 0.130. The van der Waals surface area contributed by atoms with Crippen LogP contribution in [-0.4, -0.2) is 56.2 Å². The van der Waals surface area contributed by atoms with E-state index in [-0.39, 0.29) is 36.1 Å². The Morgan fingerprint density at radius 2 is 1.55 bits per heavy atom. The Hall–Kier alpha value is -4.57. The highest BCUT2D eigenvalue weighted by atomic mass is 32.2. The van der Waals surface area contributed by atoms with Crippen molar-refractivity contribution in [3.05, 3.63) is 136 Å². The van der Waals surface area contributed by atoms with Crippen LogP contribution >= 0.6 is 0 Å². The standard InChI is InChI=1S/C34H30F3N3O3S/c1-39(16-12-23-10-14-38-15-11-23)34(42)25-4-2-24(3-5-25)21-40(29-13-17-44(43)22-29)33(41)20-28-7-6-26(18-31(28)36)27-8-9-30(35)32(37)19-27/h2-11,13-15,17-19,29H,12,16,20-22H2,1H3. The number of benzene rings is 3. The summed E-state index contributed by atoms with van der Waals surface area (Å²) in [6.45, 7) is 0.711. The highest BCUT2D eigenvalue weighted by Gasteiger charge is 2.27. The van der Waals surface area contributed by atoms with E-state index in [4.69, 9.17) is 0 Å². The van der Waals surface area contributed by atoms with E-state index >= 15 is 4.39 Å². The van der Waals surface area contributed by atoms with Gasteiger partial charge in [0.2, 0.25) is 5.91 Å². The quantitative estimate of drug-likeness (QED) is 0.229. The van der Waals surface area contributed by atoms with Gasteiger partial charge in [-0.25, -0.2) is 13.2 Å². The number of likely N-dealkylation sites (N-methyl/N-ethyl adjacent to an activating group) is 1. The van der Waals surface area contributed by atoms with Crippen LogP contribution in [0.3, 0.4) is 0 Å². The number of hydrogen-bond acceptors (Lipinski definition) is 4. The van der Waals surface area contributed by atoms with Gasteiger partial charge in [0, 0.05) is 54.3 Å². The molecule has 0 saturated heterocycles. The molecule has 2 heterocycles. The van der Waals surface area contributed by atoms with Crippen LogP contribution in [-0.2, 0) is 35.0 Å². The van der Waals surface area contributed by atoms with Crippen LogP contribution in [0, 0.1) is 17.5 Å². The summed E-state index contributed by atoms with van der Waals surface area (Å²) in [6.07, 6.45) is 5.60. The molecule has 44 heavy (non-hydrogen) atoms. The predicted octanol–water partition coefficient (Wildman–Crippen LogP) is 5.70. The zero-order valence-electron chi connectivity index (χ0n) is 24.0. The lowest BCUT2D eigenvalue weighted by Gasteiger charge is -2.28. The summed E-state index contributed by atoms with van der Waals surface area (Å²) in [5.41, 5.74) is 3.15. The molecule has 5 rings (SSSR count). The van der Waals surface area contributed by atoms with Gasteiger partial charge in [0.1, 0.15) is 5.82 Å². The average Bonchev–Trinajstić information content (AvgIpc) is 3.47. The second-order valence-electron chi connectivity index (χ2n) is 10.6. The minimum atomic E-state index is -1.22. The fraction of sp³-hybridized carbons (Fsp3) is 0.206. The first-order chi connectivity index (χ1) is 21.2. The van der Waals surface area contributed by atoms with E-state index in [1.807, 2.05) is 12.1 Å². The largest absolute Gasteiger partial charge is 0.341 e. The van der Waals surface area contributed by atoms with Crippen LogP contribution in [0.4, 0.5) is 13.2 Å². The Morgan fingerprint density at radius 3 is 2.18 bits per heavy atom. The number of carbonyl (C=O) groups excluding carboxylic acids is 2. The van der Waals surface area contributed by atoms with Crippen molar-refractivity contribution in [2.24, 2.45) is 0 Å². The molecule has 0 bridgehead atoms. The number of pyridine rings is 1. The molecule has 0 aliphatic carbocycles. The molecule has 4 aromatic rings. The SMILES string of the molecule is CN(CCc1ccncc1)C(=O)c1ccc(CN(C(=O)Cc2ccc(-c3ccc(F)c(F)c3)cc2F)C2C=CS(=O)C2)cc1. The van der Waals surface area contributed by atoms with E-state index in [1.165, 1.54) is 18.2 Å².